The van der Waals surface area contributed by atoms with Gasteiger partial charge in [0, 0.05) is 12.8 Å². The Balaban J connectivity index is 4.16. The van der Waals surface area contributed by atoms with E-state index in [4.69, 9.17) is 9.47 Å². The van der Waals surface area contributed by atoms with Crippen molar-refractivity contribution >= 4 is 11.9 Å². The van der Waals surface area contributed by atoms with Gasteiger partial charge in [-0.15, -0.1) is 0 Å². The fourth-order valence-electron chi connectivity index (χ4n) is 5.17. The fourth-order valence-corrected chi connectivity index (χ4v) is 5.17. The van der Waals surface area contributed by atoms with Crippen LogP contribution in [-0.2, 0) is 19.1 Å². The monoisotopic (exact) mass is 538 g/mol. The summed E-state index contributed by atoms with van der Waals surface area (Å²) in [7, 11) is 0. The highest BCUT2D eigenvalue weighted by Crippen LogP contribution is 2.21. The Labute approximate surface area is 237 Å². The first-order valence-electron chi connectivity index (χ1n) is 16.9. The first kappa shape index (κ1) is 36.9. The lowest BCUT2D eigenvalue weighted by molar-refractivity contribution is -0.147. The van der Waals surface area contributed by atoms with Crippen LogP contribution in [0.5, 0.6) is 0 Å². The predicted octanol–water partition coefficient (Wildman–Crippen LogP) is 10.7. The number of hydrogen-bond donors (Lipinski definition) is 0. The van der Waals surface area contributed by atoms with Gasteiger partial charge < -0.3 is 9.47 Å². The molecule has 0 N–H and O–H groups in total. The highest BCUT2D eigenvalue weighted by Gasteiger charge is 2.14. The second-order valence-electron chi connectivity index (χ2n) is 11.7. The average molecular weight is 539 g/mol. The molecule has 0 radical (unpaired) electrons. The molecule has 226 valence electrons. The van der Waals surface area contributed by atoms with E-state index < -0.39 is 0 Å². The third kappa shape index (κ3) is 25.2. The Kier molecular flexibility index (Phi) is 28.1. The second kappa shape index (κ2) is 28.9. The summed E-state index contributed by atoms with van der Waals surface area (Å²) < 4.78 is 11.3. The van der Waals surface area contributed by atoms with Gasteiger partial charge in [-0.1, -0.05) is 130 Å². The molecule has 0 atom stereocenters. The van der Waals surface area contributed by atoms with Gasteiger partial charge in [0.05, 0.1) is 13.2 Å². The van der Waals surface area contributed by atoms with Crippen molar-refractivity contribution in [1.29, 1.82) is 0 Å². The molecule has 0 aliphatic carbocycles. The van der Waals surface area contributed by atoms with E-state index in [1.165, 1.54) is 128 Å². The van der Waals surface area contributed by atoms with E-state index in [0.29, 0.717) is 50.7 Å². The quantitative estimate of drug-likeness (QED) is 0.0702. The molecule has 0 bridgehead atoms. The first-order chi connectivity index (χ1) is 18.6. The summed E-state index contributed by atoms with van der Waals surface area (Å²) in [5, 5.41) is 0. The molecule has 0 heterocycles. The van der Waals surface area contributed by atoms with E-state index in [1.807, 2.05) is 0 Å². The van der Waals surface area contributed by atoms with Gasteiger partial charge in [0.25, 0.3) is 0 Å². The van der Waals surface area contributed by atoms with Crippen molar-refractivity contribution in [2.45, 2.75) is 182 Å². The van der Waals surface area contributed by atoms with Crippen molar-refractivity contribution in [1.82, 2.24) is 0 Å². The van der Waals surface area contributed by atoms with Crippen LogP contribution in [0.4, 0.5) is 0 Å². The molecule has 0 amide bonds. The van der Waals surface area contributed by atoms with E-state index in [1.54, 1.807) is 0 Å². The number of carbonyl (C=O) groups is 2. The highest BCUT2D eigenvalue weighted by molar-refractivity contribution is 5.70. The van der Waals surface area contributed by atoms with Crippen molar-refractivity contribution in [2.24, 2.45) is 11.8 Å². The van der Waals surface area contributed by atoms with E-state index >= 15 is 0 Å². The molecule has 0 fully saturated rings. The van der Waals surface area contributed by atoms with Crippen LogP contribution in [0.25, 0.3) is 0 Å². The Hall–Kier alpha value is -1.06. The van der Waals surface area contributed by atoms with Crippen LogP contribution >= 0.6 is 0 Å². The molecule has 4 nitrogen and oxygen atoms in total. The highest BCUT2D eigenvalue weighted by atomic mass is 16.5. The van der Waals surface area contributed by atoms with E-state index in [2.05, 4.69) is 27.7 Å². The lowest BCUT2D eigenvalue weighted by Gasteiger charge is -2.17. The number of ether oxygens (including phenoxy) is 2. The molecule has 0 aliphatic heterocycles. The lowest BCUT2D eigenvalue weighted by Crippen LogP contribution is -2.15. The van der Waals surface area contributed by atoms with Crippen LogP contribution in [0, 0.1) is 11.8 Å². The van der Waals surface area contributed by atoms with Gasteiger partial charge in [0.2, 0.25) is 0 Å². The average Bonchev–Trinajstić information content (AvgIpc) is 2.92. The molecule has 0 aromatic heterocycles. The maximum Gasteiger partial charge on any atom is 0.305 e. The number of carbonyl (C=O) groups excluding carboxylic acids is 2. The van der Waals surface area contributed by atoms with Crippen molar-refractivity contribution in [3.63, 3.8) is 0 Å². The van der Waals surface area contributed by atoms with Gasteiger partial charge in [-0.25, -0.2) is 0 Å². The molecular formula is C34H66O4. The van der Waals surface area contributed by atoms with Crippen LogP contribution in [0.1, 0.15) is 182 Å². The summed E-state index contributed by atoms with van der Waals surface area (Å²) in [5.74, 6) is 0.786. The van der Waals surface area contributed by atoms with Crippen LogP contribution in [-0.4, -0.2) is 25.2 Å². The molecule has 38 heavy (non-hydrogen) atoms. The molecule has 0 aromatic rings. The van der Waals surface area contributed by atoms with Crippen molar-refractivity contribution in [2.75, 3.05) is 13.2 Å². The molecule has 0 aromatic carbocycles. The molecule has 0 aliphatic rings. The minimum absolute atomic E-state index is 0.107. The summed E-state index contributed by atoms with van der Waals surface area (Å²) in [4.78, 5) is 24.6. The van der Waals surface area contributed by atoms with Crippen LogP contribution < -0.4 is 0 Å². The molecule has 0 saturated heterocycles. The zero-order chi connectivity index (χ0) is 28.1. The Bertz CT molecular complexity index is 449. The normalized spacial score (nSPS) is 11.4. The maximum atomic E-state index is 12.3. The van der Waals surface area contributed by atoms with Crippen molar-refractivity contribution in [3.05, 3.63) is 0 Å². The number of rotatable bonds is 29. The molecule has 0 spiro atoms. The summed E-state index contributed by atoms with van der Waals surface area (Å²) in [5.41, 5.74) is 0. The third-order valence-electron chi connectivity index (χ3n) is 7.84. The third-order valence-corrected chi connectivity index (χ3v) is 7.84. The van der Waals surface area contributed by atoms with Gasteiger partial charge in [-0.3, -0.25) is 9.59 Å². The Morgan fingerprint density at radius 1 is 0.421 bits per heavy atom. The van der Waals surface area contributed by atoms with E-state index in [9.17, 15) is 9.59 Å². The molecule has 0 saturated carbocycles. The van der Waals surface area contributed by atoms with E-state index in [-0.39, 0.29) is 11.9 Å². The van der Waals surface area contributed by atoms with Crippen molar-refractivity contribution in [3.8, 4) is 0 Å². The SMILES string of the molecule is CCCCCCC(CCCCCC)COC(=O)CCCCC(=O)OCC(CCCCCC)CCCCCC. The fraction of sp³-hybridized carbons (Fsp3) is 0.941. The summed E-state index contributed by atoms with van der Waals surface area (Å²) >= 11 is 0. The summed E-state index contributed by atoms with van der Waals surface area (Å²) in [6.07, 6.45) is 27.2. The standard InChI is InChI=1S/C34H66O4/c1-5-9-13-17-23-31(24-18-14-10-6-2)29-37-33(35)27-21-22-28-34(36)38-30-32(25-19-15-11-7-3)26-20-16-12-8-4/h31-32H,5-30H2,1-4H3. The second-order valence-corrected chi connectivity index (χ2v) is 11.7. The van der Waals surface area contributed by atoms with Gasteiger partial charge in [0.1, 0.15) is 0 Å². The van der Waals surface area contributed by atoms with Crippen LogP contribution in [0.3, 0.4) is 0 Å². The topological polar surface area (TPSA) is 52.6 Å². The maximum absolute atomic E-state index is 12.3. The van der Waals surface area contributed by atoms with Crippen LogP contribution in [0.15, 0.2) is 0 Å². The zero-order valence-electron chi connectivity index (χ0n) is 26.2. The molecule has 0 rings (SSSR count). The zero-order valence-corrected chi connectivity index (χ0v) is 26.2. The smallest absolute Gasteiger partial charge is 0.305 e. The number of esters is 2. The molecule has 0 unspecified atom stereocenters. The lowest BCUT2D eigenvalue weighted by atomic mass is 9.95. The van der Waals surface area contributed by atoms with Gasteiger partial charge >= 0.3 is 11.9 Å². The number of hydrogen-bond acceptors (Lipinski definition) is 4. The number of unbranched alkanes of at least 4 members (excludes halogenated alkanes) is 13. The first-order valence-corrected chi connectivity index (χ1v) is 16.9. The van der Waals surface area contributed by atoms with Gasteiger partial charge in [0.15, 0.2) is 0 Å². The Morgan fingerprint density at radius 2 is 0.711 bits per heavy atom. The summed E-state index contributed by atoms with van der Waals surface area (Å²) in [6, 6.07) is 0. The Morgan fingerprint density at radius 3 is 0.974 bits per heavy atom. The molecular weight excluding hydrogens is 472 g/mol. The molecule has 4 heteroatoms. The minimum Gasteiger partial charge on any atom is -0.465 e. The van der Waals surface area contributed by atoms with Crippen molar-refractivity contribution < 1.29 is 19.1 Å². The predicted molar refractivity (Wildman–Crippen MR) is 162 cm³/mol. The van der Waals surface area contributed by atoms with E-state index in [0.717, 1.165) is 0 Å². The van der Waals surface area contributed by atoms with Gasteiger partial charge in [-0.2, -0.15) is 0 Å². The van der Waals surface area contributed by atoms with Crippen LogP contribution in [0.2, 0.25) is 0 Å². The largest absolute Gasteiger partial charge is 0.465 e. The minimum atomic E-state index is -0.107. The summed E-state index contributed by atoms with van der Waals surface area (Å²) in [6.45, 7) is 10.1. The van der Waals surface area contributed by atoms with Gasteiger partial charge in [-0.05, 0) is 50.4 Å².